The van der Waals surface area contributed by atoms with Crippen LogP contribution in [0, 0.1) is 0 Å². The van der Waals surface area contributed by atoms with Crippen LogP contribution in [0.2, 0.25) is 0 Å². The maximum atomic E-state index is 5.25. The highest BCUT2D eigenvalue weighted by atomic mass is 16.6. The van der Waals surface area contributed by atoms with E-state index in [1.807, 2.05) is 6.20 Å². The van der Waals surface area contributed by atoms with Crippen LogP contribution in [0.25, 0.3) is 0 Å². The van der Waals surface area contributed by atoms with Crippen LogP contribution >= 0.6 is 0 Å². The van der Waals surface area contributed by atoms with E-state index in [0.717, 1.165) is 12.4 Å². The van der Waals surface area contributed by atoms with E-state index in [4.69, 9.17) is 4.74 Å². The Morgan fingerprint density at radius 1 is 1.25 bits per heavy atom. The molecule has 2 unspecified atom stereocenters. The summed E-state index contributed by atoms with van der Waals surface area (Å²) < 4.78 is 5.25. The lowest BCUT2D eigenvalue weighted by Gasteiger charge is -2.27. The third-order valence-electron chi connectivity index (χ3n) is 3.69. The first-order valence-corrected chi connectivity index (χ1v) is 6.11. The van der Waals surface area contributed by atoms with Gasteiger partial charge in [0.05, 0.1) is 6.61 Å². The summed E-state index contributed by atoms with van der Waals surface area (Å²) in [6.07, 6.45) is 4.83. The van der Waals surface area contributed by atoms with Crippen molar-refractivity contribution < 1.29 is 4.74 Å². The SMILES string of the molecule is CC1CCC(C)N1c1ccc([C@@H]2CO2)cn1. The van der Waals surface area contributed by atoms with Crippen molar-refractivity contribution in [3.63, 3.8) is 0 Å². The number of hydrogen-bond donors (Lipinski definition) is 0. The van der Waals surface area contributed by atoms with Gasteiger partial charge in [-0.15, -0.1) is 0 Å². The summed E-state index contributed by atoms with van der Waals surface area (Å²) in [5.74, 6) is 1.11. The van der Waals surface area contributed by atoms with E-state index in [1.165, 1.54) is 18.4 Å². The van der Waals surface area contributed by atoms with Crippen LogP contribution in [-0.2, 0) is 4.74 Å². The number of anilines is 1. The van der Waals surface area contributed by atoms with Crippen LogP contribution in [0.5, 0.6) is 0 Å². The first kappa shape index (κ1) is 10.1. The lowest BCUT2D eigenvalue weighted by atomic mass is 10.2. The number of ether oxygens (including phenoxy) is 1. The Kier molecular flexibility index (Phi) is 2.36. The van der Waals surface area contributed by atoms with Gasteiger partial charge in [-0.3, -0.25) is 0 Å². The zero-order valence-corrected chi connectivity index (χ0v) is 9.89. The fourth-order valence-electron chi connectivity index (χ4n) is 2.63. The van der Waals surface area contributed by atoms with Gasteiger partial charge < -0.3 is 9.64 Å². The highest BCUT2D eigenvalue weighted by Crippen LogP contribution is 2.32. The Bertz CT molecular complexity index is 362. The van der Waals surface area contributed by atoms with Gasteiger partial charge in [0.15, 0.2) is 0 Å². The number of epoxide rings is 1. The molecule has 3 rings (SSSR count). The predicted molar refractivity (Wildman–Crippen MR) is 63.6 cm³/mol. The van der Waals surface area contributed by atoms with Gasteiger partial charge in [0.25, 0.3) is 0 Å². The smallest absolute Gasteiger partial charge is 0.128 e. The molecule has 0 N–H and O–H groups in total. The third kappa shape index (κ3) is 1.69. The van der Waals surface area contributed by atoms with Crippen molar-refractivity contribution in [2.45, 2.75) is 44.9 Å². The van der Waals surface area contributed by atoms with Gasteiger partial charge in [0.1, 0.15) is 11.9 Å². The van der Waals surface area contributed by atoms with Crippen LogP contribution in [0.4, 0.5) is 5.82 Å². The minimum atomic E-state index is 0.315. The molecule has 0 radical (unpaired) electrons. The Labute approximate surface area is 96.4 Å². The fraction of sp³-hybridized carbons (Fsp3) is 0.615. The molecular weight excluding hydrogens is 200 g/mol. The van der Waals surface area contributed by atoms with E-state index in [1.54, 1.807) is 0 Å². The van der Waals surface area contributed by atoms with Gasteiger partial charge in [0, 0.05) is 23.8 Å². The van der Waals surface area contributed by atoms with E-state index in [0.29, 0.717) is 18.2 Å². The number of pyridine rings is 1. The lowest BCUT2D eigenvalue weighted by Crippen LogP contribution is -2.33. The second-order valence-electron chi connectivity index (χ2n) is 4.95. The number of nitrogens with zero attached hydrogens (tertiary/aromatic N) is 2. The minimum Gasteiger partial charge on any atom is -0.368 e. The summed E-state index contributed by atoms with van der Waals surface area (Å²) in [5, 5.41) is 0. The van der Waals surface area contributed by atoms with Crippen LogP contribution in [0.1, 0.15) is 38.4 Å². The average Bonchev–Trinajstić information content (AvgIpc) is 3.07. The molecule has 1 aromatic heterocycles. The summed E-state index contributed by atoms with van der Waals surface area (Å²) in [7, 11) is 0. The van der Waals surface area contributed by atoms with Crippen molar-refractivity contribution in [1.82, 2.24) is 4.98 Å². The molecule has 16 heavy (non-hydrogen) atoms. The second-order valence-corrected chi connectivity index (χ2v) is 4.95. The Hall–Kier alpha value is -1.09. The van der Waals surface area contributed by atoms with Crippen molar-refractivity contribution in [3.05, 3.63) is 23.9 Å². The first-order chi connectivity index (χ1) is 7.75. The van der Waals surface area contributed by atoms with Gasteiger partial charge in [-0.05, 0) is 32.8 Å². The van der Waals surface area contributed by atoms with Crippen molar-refractivity contribution in [1.29, 1.82) is 0 Å². The molecule has 0 amide bonds. The minimum absolute atomic E-state index is 0.315. The van der Waals surface area contributed by atoms with Crippen molar-refractivity contribution >= 4 is 5.82 Å². The van der Waals surface area contributed by atoms with E-state index in [-0.39, 0.29) is 0 Å². The molecule has 0 spiro atoms. The first-order valence-electron chi connectivity index (χ1n) is 6.11. The maximum absolute atomic E-state index is 5.25. The van der Waals surface area contributed by atoms with Crippen LogP contribution in [0.15, 0.2) is 18.3 Å². The van der Waals surface area contributed by atoms with E-state index in [2.05, 4.69) is 35.9 Å². The van der Waals surface area contributed by atoms with E-state index >= 15 is 0 Å². The summed E-state index contributed by atoms with van der Waals surface area (Å²) in [6.45, 7) is 5.42. The quantitative estimate of drug-likeness (QED) is 0.714. The monoisotopic (exact) mass is 218 g/mol. The van der Waals surface area contributed by atoms with Crippen LogP contribution in [-0.4, -0.2) is 23.7 Å². The van der Waals surface area contributed by atoms with Gasteiger partial charge in [0.2, 0.25) is 0 Å². The molecule has 2 saturated heterocycles. The average molecular weight is 218 g/mol. The molecule has 3 heterocycles. The molecule has 1 aromatic rings. The van der Waals surface area contributed by atoms with Crippen LogP contribution < -0.4 is 4.90 Å². The van der Waals surface area contributed by atoms with Gasteiger partial charge >= 0.3 is 0 Å². The number of rotatable bonds is 2. The molecule has 0 aromatic carbocycles. The van der Waals surface area contributed by atoms with E-state index in [9.17, 15) is 0 Å². The molecule has 2 fully saturated rings. The Morgan fingerprint density at radius 2 is 1.94 bits per heavy atom. The summed E-state index contributed by atoms with van der Waals surface area (Å²) >= 11 is 0. The normalized spacial score (nSPS) is 33.1. The lowest BCUT2D eigenvalue weighted by molar-refractivity contribution is 0.415. The topological polar surface area (TPSA) is 28.7 Å². The molecule has 86 valence electrons. The molecule has 3 nitrogen and oxygen atoms in total. The standard InChI is InChI=1S/C13H18N2O/c1-9-3-4-10(2)15(9)13-6-5-11(7-14-13)12-8-16-12/h5-7,9-10,12H,3-4,8H2,1-2H3/t9?,10?,12-/m0/s1. The van der Waals surface area contributed by atoms with Crippen molar-refractivity contribution in [2.24, 2.45) is 0 Å². The Balaban J connectivity index is 1.82. The van der Waals surface area contributed by atoms with Gasteiger partial charge in [-0.25, -0.2) is 4.98 Å². The number of aromatic nitrogens is 1. The third-order valence-corrected chi connectivity index (χ3v) is 3.69. The second kappa shape index (κ2) is 3.74. The predicted octanol–water partition coefficient (Wildman–Crippen LogP) is 2.53. The van der Waals surface area contributed by atoms with Crippen LogP contribution in [0.3, 0.4) is 0 Å². The summed E-state index contributed by atoms with van der Waals surface area (Å²) in [5.41, 5.74) is 1.21. The molecule has 3 heteroatoms. The largest absolute Gasteiger partial charge is 0.368 e. The highest BCUT2D eigenvalue weighted by molar-refractivity contribution is 5.43. The Morgan fingerprint density at radius 3 is 2.44 bits per heavy atom. The number of hydrogen-bond acceptors (Lipinski definition) is 3. The molecule has 3 atom stereocenters. The zero-order chi connectivity index (χ0) is 11.1. The molecule has 0 bridgehead atoms. The zero-order valence-electron chi connectivity index (χ0n) is 9.89. The molecule has 2 aliphatic rings. The van der Waals surface area contributed by atoms with Crippen molar-refractivity contribution in [2.75, 3.05) is 11.5 Å². The summed E-state index contributed by atoms with van der Waals surface area (Å²) in [6, 6.07) is 5.52. The van der Waals surface area contributed by atoms with Gasteiger partial charge in [-0.2, -0.15) is 0 Å². The van der Waals surface area contributed by atoms with Gasteiger partial charge in [-0.1, -0.05) is 6.07 Å². The van der Waals surface area contributed by atoms with Crippen molar-refractivity contribution in [3.8, 4) is 0 Å². The fourth-order valence-corrected chi connectivity index (χ4v) is 2.63. The molecular formula is C13H18N2O. The summed E-state index contributed by atoms with van der Waals surface area (Å²) in [4.78, 5) is 7.00. The van der Waals surface area contributed by atoms with E-state index < -0.39 is 0 Å². The highest BCUT2D eigenvalue weighted by Gasteiger charge is 2.29. The molecule has 2 aliphatic heterocycles. The molecule has 0 saturated carbocycles. The maximum Gasteiger partial charge on any atom is 0.128 e. The molecule has 0 aliphatic carbocycles.